The van der Waals surface area contributed by atoms with E-state index >= 15 is 0 Å². The van der Waals surface area contributed by atoms with Gasteiger partial charge in [-0.2, -0.15) is 5.10 Å². The summed E-state index contributed by atoms with van der Waals surface area (Å²) < 4.78 is 1.36. The lowest BCUT2D eigenvalue weighted by atomic mass is 9.87. The third-order valence-electron chi connectivity index (χ3n) is 3.64. The first kappa shape index (κ1) is 13.6. The summed E-state index contributed by atoms with van der Waals surface area (Å²) in [4.78, 5) is 22.2. The molecule has 1 aliphatic rings. The van der Waals surface area contributed by atoms with Gasteiger partial charge in [-0.1, -0.05) is 32.1 Å². The van der Waals surface area contributed by atoms with Gasteiger partial charge in [-0.25, -0.2) is 4.79 Å². The number of aromatic nitrogens is 2. The fraction of sp³-hybridized carbons (Fsp3) is 0.615. The number of rotatable bonds is 4. The number of hydrogen-bond acceptors (Lipinski definition) is 4. The van der Waals surface area contributed by atoms with Crippen LogP contribution in [0, 0.1) is 5.92 Å². The van der Waals surface area contributed by atoms with E-state index in [2.05, 4.69) is 5.10 Å². The number of carboxylic acids is 1. The molecule has 0 aliphatic heterocycles. The van der Waals surface area contributed by atoms with Crippen LogP contribution in [0.4, 0.5) is 0 Å². The fourth-order valence-corrected chi connectivity index (χ4v) is 2.57. The number of nitrogens with zero attached hydrogens (tertiary/aromatic N) is 2. The third-order valence-corrected chi connectivity index (χ3v) is 3.64. The maximum atomic E-state index is 11.4. The topological polar surface area (TPSA) is 92.4 Å². The van der Waals surface area contributed by atoms with Crippen LogP contribution in [0.15, 0.2) is 11.0 Å². The summed E-state index contributed by atoms with van der Waals surface area (Å²) >= 11 is 0. The van der Waals surface area contributed by atoms with Crippen molar-refractivity contribution in [2.24, 2.45) is 5.92 Å². The van der Waals surface area contributed by atoms with Crippen molar-refractivity contribution in [2.75, 3.05) is 0 Å². The average molecular weight is 266 g/mol. The largest absolute Gasteiger partial charge is 0.503 e. The van der Waals surface area contributed by atoms with Gasteiger partial charge in [0.1, 0.15) is 0 Å². The van der Waals surface area contributed by atoms with Gasteiger partial charge in [-0.3, -0.25) is 9.48 Å². The van der Waals surface area contributed by atoms with Crippen LogP contribution in [0.2, 0.25) is 0 Å². The number of aromatic hydroxyl groups is 1. The molecule has 104 valence electrons. The number of carboxylic acid groups (broad SMARTS) is 1. The van der Waals surface area contributed by atoms with Crippen LogP contribution in [0.1, 0.15) is 49.0 Å². The van der Waals surface area contributed by atoms with Crippen molar-refractivity contribution in [2.45, 2.75) is 45.1 Å². The highest BCUT2D eigenvalue weighted by Gasteiger charge is 2.17. The maximum Gasteiger partial charge on any atom is 0.360 e. The Morgan fingerprint density at radius 3 is 2.68 bits per heavy atom. The second-order valence-corrected chi connectivity index (χ2v) is 5.05. The Kier molecular flexibility index (Phi) is 4.19. The van der Waals surface area contributed by atoms with Gasteiger partial charge in [0, 0.05) is 6.54 Å². The SMILES string of the molecule is O=C(O)c1nn(CCC2CCCCC2)cc(O)c1=O. The molecule has 0 amide bonds. The Balaban J connectivity index is 2.07. The molecule has 19 heavy (non-hydrogen) atoms. The number of hydrogen-bond donors (Lipinski definition) is 2. The second kappa shape index (κ2) is 5.86. The first-order chi connectivity index (χ1) is 9.08. The number of aromatic carboxylic acids is 1. The van der Waals surface area contributed by atoms with Gasteiger partial charge in [0.15, 0.2) is 5.75 Å². The minimum atomic E-state index is -1.41. The van der Waals surface area contributed by atoms with E-state index in [0.29, 0.717) is 12.5 Å². The summed E-state index contributed by atoms with van der Waals surface area (Å²) in [5, 5.41) is 22.0. The van der Waals surface area contributed by atoms with Gasteiger partial charge in [0.25, 0.3) is 5.43 Å². The summed E-state index contributed by atoms with van der Waals surface area (Å²) in [6.45, 7) is 0.527. The molecule has 2 rings (SSSR count). The number of carbonyl (C=O) groups is 1. The highest BCUT2D eigenvalue weighted by molar-refractivity contribution is 5.85. The molecule has 1 aromatic rings. The molecule has 2 N–H and O–H groups in total. The van der Waals surface area contributed by atoms with Crippen LogP contribution in [0.3, 0.4) is 0 Å². The predicted octanol–water partition coefficient (Wildman–Crippen LogP) is 1.62. The first-order valence-corrected chi connectivity index (χ1v) is 6.62. The Labute approximate surface area is 110 Å². The zero-order valence-electron chi connectivity index (χ0n) is 10.7. The predicted molar refractivity (Wildman–Crippen MR) is 68.3 cm³/mol. The highest BCUT2D eigenvalue weighted by atomic mass is 16.4. The van der Waals surface area contributed by atoms with Gasteiger partial charge >= 0.3 is 5.97 Å². The molecule has 1 fully saturated rings. The van der Waals surface area contributed by atoms with Crippen molar-refractivity contribution < 1.29 is 15.0 Å². The minimum absolute atomic E-state index is 0.527. The van der Waals surface area contributed by atoms with Gasteiger partial charge in [-0.05, 0) is 12.3 Å². The molecule has 0 unspecified atom stereocenters. The van der Waals surface area contributed by atoms with Crippen LogP contribution in [0.5, 0.6) is 5.75 Å². The first-order valence-electron chi connectivity index (χ1n) is 6.62. The Morgan fingerprint density at radius 1 is 1.37 bits per heavy atom. The second-order valence-electron chi connectivity index (χ2n) is 5.05. The third kappa shape index (κ3) is 3.33. The zero-order valence-corrected chi connectivity index (χ0v) is 10.7. The summed E-state index contributed by atoms with van der Waals surface area (Å²) in [6, 6.07) is 0. The van der Waals surface area contributed by atoms with Crippen molar-refractivity contribution >= 4 is 5.97 Å². The molecule has 0 bridgehead atoms. The zero-order chi connectivity index (χ0) is 13.8. The van der Waals surface area contributed by atoms with Crippen LogP contribution >= 0.6 is 0 Å². The lowest BCUT2D eigenvalue weighted by Gasteiger charge is -2.21. The molecule has 1 aliphatic carbocycles. The normalized spacial score (nSPS) is 16.4. The fourth-order valence-electron chi connectivity index (χ4n) is 2.57. The molecule has 6 heteroatoms. The lowest BCUT2D eigenvalue weighted by molar-refractivity contribution is 0.0685. The quantitative estimate of drug-likeness (QED) is 0.863. The molecular formula is C13H18N2O4. The van der Waals surface area contributed by atoms with E-state index in [4.69, 9.17) is 5.11 Å². The van der Waals surface area contributed by atoms with Gasteiger partial charge in [-0.15, -0.1) is 0 Å². The number of aryl methyl sites for hydroxylation is 1. The van der Waals surface area contributed by atoms with Crippen molar-refractivity contribution in [1.29, 1.82) is 0 Å². The average Bonchev–Trinajstić information content (AvgIpc) is 2.41. The Morgan fingerprint density at radius 2 is 2.05 bits per heavy atom. The van der Waals surface area contributed by atoms with E-state index in [1.165, 1.54) is 43.0 Å². The molecule has 1 saturated carbocycles. The van der Waals surface area contributed by atoms with Gasteiger partial charge in [0.05, 0.1) is 6.20 Å². The van der Waals surface area contributed by atoms with E-state index in [-0.39, 0.29) is 0 Å². The standard InChI is InChI=1S/C13H18N2O4/c16-10-8-15(14-11(12(10)17)13(18)19)7-6-9-4-2-1-3-5-9/h8-9,16H,1-7H2,(H,18,19). The van der Waals surface area contributed by atoms with E-state index in [1.54, 1.807) is 0 Å². The minimum Gasteiger partial charge on any atom is -0.503 e. The van der Waals surface area contributed by atoms with Crippen LogP contribution in [-0.4, -0.2) is 26.0 Å². The van der Waals surface area contributed by atoms with Gasteiger partial charge < -0.3 is 10.2 Å². The molecular weight excluding hydrogens is 248 g/mol. The van der Waals surface area contributed by atoms with Crippen LogP contribution in [0.25, 0.3) is 0 Å². The molecule has 6 nitrogen and oxygen atoms in total. The Bertz CT molecular complexity index is 518. The van der Waals surface area contributed by atoms with Crippen molar-refractivity contribution in [3.05, 3.63) is 22.1 Å². The summed E-state index contributed by atoms with van der Waals surface area (Å²) in [5.41, 5.74) is -1.55. The smallest absolute Gasteiger partial charge is 0.360 e. The highest BCUT2D eigenvalue weighted by Crippen LogP contribution is 2.26. The van der Waals surface area contributed by atoms with Crippen LogP contribution < -0.4 is 5.43 Å². The van der Waals surface area contributed by atoms with Crippen molar-refractivity contribution in [3.63, 3.8) is 0 Å². The maximum absolute atomic E-state index is 11.4. The lowest BCUT2D eigenvalue weighted by Crippen LogP contribution is -2.22. The van der Waals surface area contributed by atoms with Gasteiger partial charge in [0.2, 0.25) is 5.69 Å². The molecule has 0 aromatic carbocycles. The Hall–Kier alpha value is -1.85. The molecule has 0 saturated heterocycles. The van der Waals surface area contributed by atoms with Crippen LogP contribution in [-0.2, 0) is 6.54 Å². The van der Waals surface area contributed by atoms with Crippen molar-refractivity contribution in [3.8, 4) is 5.75 Å². The molecule has 0 spiro atoms. The van der Waals surface area contributed by atoms with E-state index in [0.717, 1.165) is 6.42 Å². The van der Waals surface area contributed by atoms with E-state index < -0.39 is 22.8 Å². The molecule has 0 radical (unpaired) electrons. The molecule has 1 heterocycles. The summed E-state index contributed by atoms with van der Waals surface area (Å²) in [5.74, 6) is -1.34. The van der Waals surface area contributed by atoms with E-state index in [9.17, 15) is 14.7 Å². The van der Waals surface area contributed by atoms with E-state index in [1.807, 2.05) is 0 Å². The molecule has 1 aromatic heterocycles. The van der Waals surface area contributed by atoms with Crippen molar-refractivity contribution in [1.82, 2.24) is 9.78 Å². The monoisotopic (exact) mass is 266 g/mol. The summed E-state index contributed by atoms with van der Waals surface area (Å²) in [6.07, 6.45) is 8.26. The molecule has 0 atom stereocenters. The summed E-state index contributed by atoms with van der Waals surface area (Å²) in [7, 11) is 0.